The summed E-state index contributed by atoms with van der Waals surface area (Å²) < 4.78 is 27.0. The Morgan fingerprint density at radius 2 is 1.91 bits per heavy atom. The molecule has 3 aliphatic heterocycles. The van der Waals surface area contributed by atoms with Crippen LogP contribution in [-0.4, -0.2) is 82.8 Å². The lowest BCUT2D eigenvalue weighted by Gasteiger charge is -2.31. The number of likely N-dealkylation sites (tertiary alicyclic amines) is 1. The topological polar surface area (TPSA) is 106 Å². The van der Waals surface area contributed by atoms with E-state index in [0.29, 0.717) is 31.6 Å². The van der Waals surface area contributed by atoms with Crippen LogP contribution in [0.25, 0.3) is 11.0 Å². The number of amides is 1. The second-order valence-corrected chi connectivity index (χ2v) is 12.5. The number of fused-ring (bicyclic) bond motifs is 2. The third kappa shape index (κ3) is 7.05. The zero-order chi connectivity index (χ0) is 30.5. The van der Waals surface area contributed by atoms with Gasteiger partial charge in [-0.2, -0.15) is 0 Å². The molecule has 0 aliphatic carbocycles. The first-order valence-corrected chi connectivity index (χ1v) is 16.5. The molecular formula is C33H45FN6O4. The van der Waals surface area contributed by atoms with Gasteiger partial charge in [0.15, 0.2) is 5.58 Å². The van der Waals surface area contributed by atoms with E-state index < -0.39 is 0 Å². The number of halogens is 1. The largest absolute Gasteiger partial charge is 0.370 e. The molecule has 3 aliphatic rings. The minimum atomic E-state index is -0.316. The van der Waals surface area contributed by atoms with E-state index in [1.54, 1.807) is 6.07 Å². The minimum absolute atomic E-state index is 0.0726. The molecule has 10 nitrogen and oxygen atoms in total. The maximum absolute atomic E-state index is 13.6. The first-order chi connectivity index (χ1) is 21.5. The van der Waals surface area contributed by atoms with E-state index >= 15 is 0 Å². The number of carbonyl (C=O) groups is 1. The number of aryl methyl sites for hydroxylation is 1. The zero-order valence-electron chi connectivity index (χ0n) is 25.9. The lowest BCUT2D eigenvalue weighted by molar-refractivity contribution is -0.131. The summed E-state index contributed by atoms with van der Waals surface area (Å²) >= 11 is 0. The number of carbonyl (C=O) groups excluding carboxylic acids is 1. The Hall–Kier alpha value is -3.15. The number of unbranched alkanes of at least 4 members (excludes halogenated alkanes) is 2. The van der Waals surface area contributed by atoms with Gasteiger partial charge in [-0.3, -0.25) is 14.2 Å². The smallest absolute Gasteiger partial charge is 0.257 e. The average Bonchev–Trinajstić information content (AvgIpc) is 3.46. The molecule has 1 N–H and O–H groups in total. The van der Waals surface area contributed by atoms with Crippen LogP contribution in [-0.2, 0) is 22.5 Å². The molecule has 2 fully saturated rings. The molecule has 44 heavy (non-hydrogen) atoms. The molecule has 5 heterocycles. The predicted octanol–water partition coefficient (Wildman–Crippen LogP) is 4.10. The molecule has 1 aromatic carbocycles. The molecule has 1 unspecified atom stereocenters. The molecule has 11 heteroatoms. The Labute approximate surface area is 257 Å². The van der Waals surface area contributed by atoms with Crippen LogP contribution < -0.4 is 10.9 Å². The van der Waals surface area contributed by atoms with E-state index in [9.17, 15) is 14.0 Å². The molecule has 0 radical (unpaired) electrons. The van der Waals surface area contributed by atoms with Crippen LogP contribution in [0, 0.1) is 12.7 Å². The van der Waals surface area contributed by atoms with Crippen molar-refractivity contribution in [3.05, 3.63) is 57.1 Å². The zero-order valence-corrected chi connectivity index (χ0v) is 25.9. The van der Waals surface area contributed by atoms with Crippen LogP contribution >= 0.6 is 0 Å². The fourth-order valence-corrected chi connectivity index (χ4v) is 6.97. The lowest BCUT2D eigenvalue weighted by atomic mass is 9.91. The summed E-state index contributed by atoms with van der Waals surface area (Å²) in [6.45, 7) is 9.27. The third-order valence-corrected chi connectivity index (χ3v) is 9.57. The van der Waals surface area contributed by atoms with Gasteiger partial charge in [0.05, 0.1) is 5.69 Å². The number of benzene rings is 1. The van der Waals surface area contributed by atoms with Gasteiger partial charge in [0, 0.05) is 80.9 Å². The minimum Gasteiger partial charge on any atom is -0.370 e. The van der Waals surface area contributed by atoms with Crippen molar-refractivity contribution >= 4 is 16.9 Å². The first-order valence-electron chi connectivity index (χ1n) is 16.5. The van der Waals surface area contributed by atoms with E-state index in [4.69, 9.17) is 14.2 Å². The maximum Gasteiger partial charge on any atom is 0.257 e. The Morgan fingerprint density at radius 1 is 1.09 bits per heavy atom. The number of piperidine rings is 1. The molecule has 0 spiro atoms. The predicted molar refractivity (Wildman–Crippen MR) is 165 cm³/mol. The number of aromatic nitrogens is 3. The number of nitrogens with zero attached hydrogens (tertiary/aromatic N) is 5. The number of ether oxygens (including phenoxy) is 1. The van der Waals surface area contributed by atoms with Gasteiger partial charge in [0.25, 0.3) is 5.56 Å². The number of hydrogen-bond acceptors (Lipinski definition) is 8. The van der Waals surface area contributed by atoms with Crippen LogP contribution in [0.1, 0.15) is 86.2 Å². The molecule has 0 saturated carbocycles. The van der Waals surface area contributed by atoms with Crippen LogP contribution in [0.2, 0.25) is 0 Å². The van der Waals surface area contributed by atoms with Gasteiger partial charge >= 0.3 is 0 Å². The van der Waals surface area contributed by atoms with Gasteiger partial charge in [-0.25, -0.2) is 9.37 Å². The van der Waals surface area contributed by atoms with Crippen molar-refractivity contribution < 1.29 is 18.4 Å². The normalized spacial score (nSPS) is 19.9. The second kappa shape index (κ2) is 14.3. The summed E-state index contributed by atoms with van der Waals surface area (Å²) in [6.07, 6.45) is 7.52. The van der Waals surface area contributed by atoms with Gasteiger partial charge in [0.1, 0.15) is 17.7 Å². The second-order valence-electron chi connectivity index (χ2n) is 12.5. The summed E-state index contributed by atoms with van der Waals surface area (Å²) in [5, 5.41) is 8.44. The quantitative estimate of drug-likeness (QED) is 0.325. The number of rotatable bonds is 11. The van der Waals surface area contributed by atoms with Crippen molar-refractivity contribution in [2.75, 3.05) is 52.4 Å². The van der Waals surface area contributed by atoms with E-state index in [2.05, 4.69) is 15.4 Å². The van der Waals surface area contributed by atoms with Crippen molar-refractivity contribution in [1.29, 1.82) is 0 Å². The number of hydrogen-bond donors (Lipinski definition) is 1. The summed E-state index contributed by atoms with van der Waals surface area (Å²) in [5.74, 6) is 0.986. The fraction of sp³-hybridized carbons (Fsp3) is 0.636. The van der Waals surface area contributed by atoms with Crippen molar-refractivity contribution in [3.8, 4) is 0 Å². The van der Waals surface area contributed by atoms with Gasteiger partial charge in [-0.05, 0) is 77.1 Å². The maximum atomic E-state index is 13.6. The number of piperazine rings is 1. The summed E-state index contributed by atoms with van der Waals surface area (Å²) in [5.41, 5.74) is 3.10. The van der Waals surface area contributed by atoms with Crippen LogP contribution in [0.4, 0.5) is 4.39 Å². The van der Waals surface area contributed by atoms with Crippen LogP contribution in [0.3, 0.4) is 0 Å². The molecular weight excluding hydrogens is 563 g/mol. The average molecular weight is 609 g/mol. The Balaban J connectivity index is 0.970. The summed E-state index contributed by atoms with van der Waals surface area (Å²) in [6, 6.07) is 4.61. The van der Waals surface area contributed by atoms with E-state index in [-0.39, 0.29) is 29.3 Å². The first kappa shape index (κ1) is 30.9. The third-order valence-electron chi connectivity index (χ3n) is 9.57. The fourth-order valence-electron chi connectivity index (χ4n) is 6.97. The lowest BCUT2D eigenvalue weighted by Crippen LogP contribution is -2.46. The van der Waals surface area contributed by atoms with Crippen molar-refractivity contribution in [3.63, 3.8) is 0 Å². The molecule has 6 rings (SSSR count). The Kier molecular flexibility index (Phi) is 10.0. The molecule has 2 saturated heterocycles. The van der Waals surface area contributed by atoms with Crippen molar-refractivity contribution in [1.82, 2.24) is 29.8 Å². The van der Waals surface area contributed by atoms with Gasteiger partial charge < -0.3 is 24.4 Å². The Morgan fingerprint density at radius 3 is 2.73 bits per heavy atom. The SMILES string of the molecule is Cc1nc2n(c(=O)c1CCN1CCC(c3noc4cc(F)ccc34)CC1)CCCC2OCCCCCC(=O)N1CCNCC1. The van der Waals surface area contributed by atoms with Gasteiger partial charge in [0.2, 0.25) is 5.91 Å². The van der Waals surface area contributed by atoms with E-state index in [1.807, 2.05) is 16.4 Å². The molecule has 2 aromatic heterocycles. The number of nitrogens with one attached hydrogen (secondary N) is 1. The van der Waals surface area contributed by atoms with E-state index in [0.717, 1.165) is 119 Å². The molecule has 238 valence electrons. The van der Waals surface area contributed by atoms with Crippen molar-refractivity contribution in [2.24, 2.45) is 0 Å². The Bertz CT molecular complexity index is 1490. The summed E-state index contributed by atoms with van der Waals surface area (Å²) in [4.78, 5) is 35.2. The van der Waals surface area contributed by atoms with Crippen LogP contribution in [0.15, 0.2) is 27.5 Å². The monoisotopic (exact) mass is 608 g/mol. The molecule has 1 amide bonds. The highest BCUT2D eigenvalue weighted by atomic mass is 19.1. The van der Waals surface area contributed by atoms with Crippen molar-refractivity contribution in [2.45, 2.75) is 83.3 Å². The standard InChI is InChI=1S/C33H45FN6O4/c1-23-26(12-18-38-16-10-24(11-17-38)31-27-9-8-25(34)22-29(27)44-37-31)33(42)40-15-5-6-28(32(40)36-23)43-21-4-2-3-7-30(41)39-19-13-35-14-20-39/h8-9,22,24,28,35H,2-7,10-21H2,1H3. The van der Waals surface area contributed by atoms with Gasteiger partial charge in [-0.1, -0.05) is 11.6 Å². The highest BCUT2D eigenvalue weighted by Gasteiger charge is 2.28. The highest BCUT2D eigenvalue weighted by molar-refractivity contribution is 5.80. The summed E-state index contributed by atoms with van der Waals surface area (Å²) in [7, 11) is 0. The van der Waals surface area contributed by atoms with E-state index in [1.165, 1.54) is 12.1 Å². The molecule has 3 aromatic rings. The molecule has 0 bridgehead atoms. The highest BCUT2D eigenvalue weighted by Crippen LogP contribution is 2.33. The van der Waals surface area contributed by atoms with Crippen LogP contribution in [0.5, 0.6) is 0 Å². The molecule has 1 atom stereocenters. The van der Waals surface area contributed by atoms with Gasteiger partial charge in [-0.15, -0.1) is 0 Å².